The Labute approximate surface area is 142 Å². The molecule has 0 saturated carbocycles. The number of methoxy groups -OCH3 is 1. The maximum atomic E-state index is 12.8. The highest BCUT2D eigenvalue weighted by molar-refractivity contribution is 6.09. The minimum Gasteiger partial charge on any atom is -0.496 e. The molecule has 0 aliphatic heterocycles. The van der Waals surface area contributed by atoms with E-state index in [0.29, 0.717) is 5.56 Å². The Bertz CT molecular complexity index is 863. The van der Waals surface area contributed by atoms with Crippen LogP contribution in [0.3, 0.4) is 0 Å². The SMILES string of the molecule is COc1ccccc1Cc1cc(C)c(C(=O)c2ccccc2)n1C. The molecule has 0 aliphatic carbocycles. The lowest BCUT2D eigenvalue weighted by molar-refractivity contribution is 0.103. The fraction of sp³-hybridized carbons (Fsp3) is 0.190. The number of hydrogen-bond donors (Lipinski definition) is 0. The van der Waals surface area contributed by atoms with Crippen LogP contribution in [0.25, 0.3) is 0 Å². The van der Waals surface area contributed by atoms with Gasteiger partial charge in [-0.25, -0.2) is 0 Å². The summed E-state index contributed by atoms with van der Waals surface area (Å²) in [6.07, 6.45) is 0.726. The van der Waals surface area contributed by atoms with Gasteiger partial charge >= 0.3 is 0 Å². The Morgan fingerprint density at radius 3 is 2.42 bits per heavy atom. The molecule has 0 aliphatic rings. The number of aryl methyl sites for hydroxylation is 1. The monoisotopic (exact) mass is 319 g/mol. The number of para-hydroxylation sites is 1. The first-order chi connectivity index (χ1) is 11.6. The molecule has 3 nitrogen and oxygen atoms in total. The van der Waals surface area contributed by atoms with Crippen LogP contribution in [0, 0.1) is 6.92 Å². The molecule has 0 spiro atoms. The molecule has 2 aromatic carbocycles. The van der Waals surface area contributed by atoms with Gasteiger partial charge in [0, 0.05) is 24.7 Å². The Kier molecular flexibility index (Phi) is 4.52. The topological polar surface area (TPSA) is 31.2 Å². The van der Waals surface area contributed by atoms with Gasteiger partial charge in [-0.1, -0.05) is 48.5 Å². The fourth-order valence-electron chi connectivity index (χ4n) is 3.09. The van der Waals surface area contributed by atoms with Crippen molar-refractivity contribution in [3.05, 3.63) is 88.7 Å². The minimum atomic E-state index is 0.0573. The molecule has 0 atom stereocenters. The van der Waals surface area contributed by atoms with Crippen LogP contribution in [-0.4, -0.2) is 17.5 Å². The molecule has 3 rings (SSSR count). The van der Waals surface area contributed by atoms with E-state index in [2.05, 4.69) is 12.1 Å². The predicted octanol–water partition coefficient (Wildman–Crippen LogP) is 4.16. The van der Waals surface area contributed by atoms with E-state index in [-0.39, 0.29) is 5.78 Å². The molecule has 3 heteroatoms. The van der Waals surface area contributed by atoms with Gasteiger partial charge in [0.05, 0.1) is 12.8 Å². The number of benzene rings is 2. The van der Waals surface area contributed by atoms with Crippen molar-refractivity contribution in [3.63, 3.8) is 0 Å². The zero-order valence-electron chi connectivity index (χ0n) is 14.2. The zero-order chi connectivity index (χ0) is 17.1. The zero-order valence-corrected chi connectivity index (χ0v) is 14.2. The van der Waals surface area contributed by atoms with Gasteiger partial charge in [-0.15, -0.1) is 0 Å². The van der Waals surface area contributed by atoms with Crippen LogP contribution in [0.1, 0.15) is 32.9 Å². The molecule has 24 heavy (non-hydrogen) atoms. The lowest BCUT2D eigenvalue weighted by Gasteiger charge is -2.10. The number of hydrogen-bond acceptors (Lipinski definition) is 2. The van der Waals surface area contributed by atoms with Crippen molar-refractivity contribution >= 4 is 5.78 Å². The molecule has 1 aromatic heterocycles. The average Bonchev–Trinajstić information content (AvgIpc) is 2.89. The lowest BCUT2D eigenvalue weighted by atomic mass is 10.1. The van der Waals surface area contributed by atoms with Gasteiger partial charge in [0.25, 0.3) is 0 Å². The summed E-state index contributed by atoms with van der Waals surface area (Å²) in [4.78, 5) is 12.8. The molecule has 0 amide bonds. The third-order valence-electron chi connectivity index (χ3n) is 4.34. The van der Waals surface area contributed by atoms with Crippen LogP contribution < -0.4 is 4.74 Å². The standard InChI is InChI=1S/C21H21NO2/c1-15-13-18(14-17-11-7-8-12-19(17)24-3)22(2)20(15)21(23)16-9-5-4-6-10-16/h4-13H,14H2,1-3H3. The molecule has 1 heterocycles. The number of ketones is 1. The second-order valence-electron chi connectivity index (χ2n) is 5.91. The van der Waals surface area contributed by atoms with Gasteiger partial charge in [0.1, 0.15) is 5.75 Å². The molecular formula is C21H21NO2. The summed E-state index contributed by atoms with van der Waals surface area (Å²) in [7, 11) is 3.63. The fourth-order valence-corrected chi connectivity index (χ4v) is 3.09. The first-order valence-corrected chi connectivity index (χ1v) is 7.98. The van der Waals surface area contributed by atoms with Crippen LogP contribution in [-0.2, 0) is 13.5 Å². The molecule has 3 aromatic rings. The average molecular weight is 319 g/mol. The second kappa shape index (κ2) is 6.75. The van der Waals surface area contributed by atoms with Crippen molar-refractivity contribution in [1.29, 1.82) is 0 Å². The normalized spacial score (nSPS) is 10.6. The van der Waals surface area contributed by atoms with Crippen molar-refractivity contribution < 1.29 is 9.53 Å². The van der Waals surface area contributed by atoms with E-state index in [4.69, 9.17) is 4.74 Å². The van der Waals surface area contributed by atoms with E-state index >= 15 is 0 Å². The number of carbonyl (C=O) groups excluding carboxylic acids is 1. The van der Waals surface area contributed by atoms with Crippen LogP contribution in [0.4, 0.5) is 0 Å². The van der Waals surface area contributed by atoms with Gasteiger partial charge < -0.3 is 9.30 Å². The highest BCUT2D eigenvalue weighted by Gasteiger charge is 2.18. The summed E-state index contributed by atoms with van der Waals surface area (Å²) in [5.41, 5.74) is 4.66. The Morgan fingerprint density at radius 1 is 1.04 bits per heavy atom. The van der Waals surface area contributed by atoms with Crippen molar-refractivity contribution in [2.75, 3.05) is 7.11 Å². The van der Waals surface area contributed by atoms with Crippen LogP contribution in [0.5, 0.6) is 5.75 Å². The smallest absolute Gasteiger partial charge is 0.209 e. The van der Waals surface area contributed by atoms with Gasteiger partial charge in [-0.2, -0.15) is 0 Å². The molecule has 0 N–H and O–H groups in total. The van der Waals surface area contributed by atoms with Crippen LogP contribution in [0.2, 0.25) is 0 Å². The van der Waals surface area contributed by atoms with Crippen LogP contribution >= 0.6 is 0 Å². The van der Waals surface area contributed by atoms with Crippen molar-refractivity contribution in [2.24, 2.45) is 7.05 Å². The first-order valence-electron chi connectivity index (χ1n) is 7.98. The third-order valence-corrected chi connectivity index (χ3v) is 4.34. The predicted molar refractivity (Wildman–Crippen MR) is 95.8 cm³/mol. The molecule has 122 valence electrons. The number of ether oxygens (including phenoxy) is 1. The Hall–Kier alpha value is -2.81. The summed E-state index contributed by atoms with van der Waals surface area (Å²) in [6, 6.07) is 19.5. The van der Waals surface area contributed by atoms with Gasteiger partial charge in [0.2, 0.25) is 5.78 Å². The molecular weight excluding hydrogens is 298 g/mol. The molecule has 0 fully saturated rings. The van der Waals surface area contributed by atoms with E-state index in [1.807, 2.05) is 67.1 Å². The number of rotatable bonds is 5. The number of nitrogens with zero attached hydrogens (tertiary/aromatic N) is 1. The largest absolute Gasteiger partial charge is 0.496 e. The maximum absolute atomic E-state index is 12.8. The van der Waals surface area contributed by atoms with E-state index in [1.54, 1.807) is 7.11 Å². The van der Waals surface area contributed by atoms with E-state index in [1.165, 1.54) is 0 Å². The summed E-state index contributed by atoms with van der Waals surface area (Å²) in [6.45, 7) is 1.99. The van der Waals surface area contributed by atoms with Crippen molar-refractivity contribution in [2.45, 2.75) is 13.3 Å². The van der Waals surface area contributed by atoms with Gasteiger partial charge in [-0.3, -0.25) is 4.79 Å². The summed E-state index contributed by atoms with van der Waals surface area (Å²) < 4.78 is 7.43. The highest BCUT2D eigenvalue weighted by Crippen LogP contribution is 2.24. The third kappa shape index (κ3) is 2.98. The van der Waals surface area contributed by atoms with Gasteiger partial charge in [0.15, 0.2) is 0 Å². The summed E-state index contributed by atoms with van der Waals surface area (Å²) >= 11 is 0. The molecule has 0 unspecified atom stereocenters. The molecule has 0 saturated heterocycles. The lowest BCUT2D eigenvalue weighted by Crippen LogP contribution is -2.10. The quantitative estimate of drug-likeness (QED) is 0.661. The molecule has 0 bridgehead atoms. The number of aromatic nitrogens is 1. The Morgan fingerprint density at radius 2 is 1.71 bits per heavy atom. The van der Waals surface area contributed by atoms with Crippen LogP contribution in [0.15, 0.2) is 60.7 Å². The minimum absolute atomic E-state index is 0.0573. The van der Waals surface area contributed by atoms with Crippen molar-refractivity contribution in [3.8, 4) is 5.75 Å². The first kappa shape index (κ1) is 16.1. The number of carbonyl (C=O) groups is 1. The van der Waals surface area contributed by atoms with E-state index in [0.717, 1.165) is 34.7 Å². The molecule has 0 radical (unpaired) electrons. The van der Waals surface area contributed by atoms with Crippen molar-refractivity contribution in [1.82, 2.24) is 4.57 Å². The second-order valence-corrected chi connectivity index (χ2v) is 5.91. The Balaban J connectivity index is 1.97. The van der Waals surface area contributed by atoms with E-state index in [9.17, 15) is 4.79 Å². The maximum Gasteiger partial charge on any atom is 0.209 e. The van der Waals surface area contributed by atoms with Gasteiger partial charge in [-0.05, 0) is 30.2 Å². The highest BCUT2D eigenvalue weighted by atomic mass is 16.5. The summed E-state index contributed by atoms with van der Waals surface area (Å²) in [5, 5.41) is 0. The van der Waals surface area contributed by atoms with E-state index < -0.39 is 0 Å². The summed E-state index contributed by atoms with van der Waals surface area (Å²) in [5.74, 6) is 0.925.